The second kappa shape index (κ2) is 5.71. The van der Waals surface area contributed by atoms with Crippen LogP contribution in [-0.4, -0.2) is 0 Å². The Morgan fingerprint density at radius 3 is 2.30 bits per heavy atom. The Labute approximate surface area is 125 Å². The van der Waals surface area contributed by atoms with Gasteiger partial charge in [-0.15, -0.1) is 11.3 Å². The minimum Gasteiger partial charge on any atom is -0.320 e. The molecule has 0 bridgehead atoms. The first kappa shape index (κ1) is 13.8. The highest BCUT2D eigenvalue weighted by molar-refractivity contribution is 7.12. The van der Waals surface area contributed by atoms with Crippen molar-refractivity contribution in [1.29, 1.82) is 0 Å². The Kier molecular flexibility index (Phi) is 3.95. The van der Waals surface area contributed by atoms with E-state index in [0.29, 0.717) is 5.92 Å². The van der Waals surface area contributed by atoms with Gasteiger partial charge >= 0.3 is 0 Å². The van der Waals surface area contributed by atoms with Crippen molar-refractivity contribution in [3.8, 4) is 0 Å². The van der Waals surface area contributed by atoms with Gasteiger partial charge in [0.25, 0.3) is 0 Å². The second-order valence-electron chi connectivity index (χ2n) is 6.10. The van der Waals surface area contributed by atoms with Gasteiger partial charge in [0.2, 0.25) is 0 Å². The van der Waals surface area contributed by atoms with Gasteiger partial charge in [-0.25, -0.2) is 0 Å². The van der Waals surface area contributed by atoms with Crippen LogP contribution in [0.1, 0.15) is 65.1 Å². The molecule has 0 saturated heterocycles. The summed E-state index contributed by atoms with van der Waals surface area (Å²) in [6.45, 7) is 4.45. The number of benzene rings is 1. The molecule has 0 saturated carbocycles. The Morgan fingerprint density at radius 1 is 1.00 bits per heavy atom. The molecule has 1 unspecified atom stereocenters. The maximum atomic E-state index is 6.46. The maximum Gasteiger partial charge on any atom is 0.0646 e. The normalized spacial score (nSPS) is 16.2. The van der Waals surface area contributed by atoms with Crippen molar-refractivity contribution in [2.24, 2.45) is 5.73 Å². The van der Waals surface area contributed by atoms with E-state index in [1.165, 1.54) is 41.7 Å². The smallest absolute Gasteiger partial charge is 0.0646 e. The Hall–Kier alpha value is -1.12. The van der Waals surface area contributed by atoms with Crippen molar-refractivity contribution in [1.82, 2.24) is 0 Å². The lowest BCUT2D eigenvalue weighted by atomic mass is 9.96. The molecule has 1 aromatic carbocycles. The van der Waals surface area contributed by atoms with E-state index in [4.69, 9.17) is 5.73 Å². The first-order chi connectivity index (χ1) is 9.65. The van der Waals surface area contributed by atoms with Crippen LogP contribution >= 0.6 is 11.3 Å². The summed E-state index contributed by atoms with van der Waals surface area (Å²) < 4.78 is 0. The van der Waals surface area contributed by atoms with Crippen molar-refractivity contribution in [2.45, 2.75) is 51.5 Å². The van der Waals surface area contributed by atoms with Gasteiger partial charge in [0.15, 0.2) is 0 Å². The minimum atomic E-state index is 0.0341. The Bertz CT molecular complexity index is 556. The number of nitrogens with two attached hydrogens (primary N) is 1. The lowest BCUT2D eigenvalue weighted by Crippen LogP contribution is -2.10. The van der Waals surface area contributed by atoms with Crippen LogP contribution in [-0.2, 0) is 12.8 Å². The van der Waals surface area contributed by atoms with Gasteiger partial charge < -0.3 is 5.73 Å². The van der Waals surface area contributed by atoms with E-state index in [1.807, 2.05) is 11.3 Å². The van der Waals surface area contributed by atoms with Crippen LogP contribution in [0.5, 0.6) is 0 Å². The van der Waals surface area contributed by atoms with E-state index < -0.39 is 0 Å². The van der Waals surface area contributed by atoms with E-state index in [2.05, 4.69) is 44.2 Å². The third-order valence-electron chi connectivity index (χ3n) is 4.28. The number of rotatable bonds is 3. The summed E-state index contributed by atoms with van der Waals surface area (Å²) in [5, 5.41) is 0. The van der Waals surface area contributed by atoms with Crippen molar-refractivity contribution in [2.75, 3.05) is 0 Å². The second-order valence-corrected chi connectivity index (χ2v) is 7.27. The van der Waals surface area contributed by atoms with Crippen LogP contribution in [0, 0.1) is 0 Å². The minimum absolute atomic E-state index is 0.0341. The van der Waals surface area contributed by atoms with E-state index in [-0.39, 0.29) is 6.04 Å². The van der Waals surface area contributed by atoms with Crippen LogP contribution in [0.15, 0.2) is 30.3 Å². The van der Waals surface area contributed by atoms with Crippen LogP contribution in [0.2, 0.25) is 0 Å². The van der Waals surface area contributed by atoms with E-state index >= 15 is 0 Å². The molecule has 1 nitrogen and oxygen atoms in total. The summed E-state index contributed by atoms with van der Waals surface area (Å²) in [7, 11) is 0. The van der Waals surface area contributed by atoms with E-state index in [1.54, 1.807) is 10.4 Å². The monoisotopic (exact) mass is 285 g/mol. The van der Waals surface area contributed by atoms with Gasteiger partial charge in [0.05, 0.1) is 6.04 Å². The first-order valence-corrected chi connectivity index (χ1v) is 8.43. The van der Waals surface area contributed by atoms with Gasteiger partial charge in [-0.1, -0.05) is 38.1 Å². The fourth-order valence-electron chi connectivity index (χ4n) is 2.92. The number of thiophene rings is 1. The zero-order valence-electron chi connectivity index (χ0n) is 12.4. The van der Waals surface area contributed by atoms with Crippen molar-refractivity contribution in [3.63, 3.8) is 0 Å². The molecule has 0 radical (unpaired) electrons. The highest BCUT2D eigenvalue weighted by atomic mass is 32.1. The number of aryl methyl sites for hydroxylation is 2. The van der Waals surface area contributed by atoms with Crippen molar-refractivity contribution in [3.05, 3.63) is 56.8 Å². The molecule has 2 heteroatoms. The average molecular weight is 285 g/mol. The molecular formula is C18H23NS. The molecule has 0 spiro atoms. The quantitative estimate of drug-likeness (QED) is 0.861. The van der Waals surface area contributed by atoms with Crippen LogP contribution < -0.4 is 5.73 Å². The molecule has 1 aromatic heterocycles. The third-order valence-corrected chi connectivity index (χ3v) is 5.60. The highest BCUT2D eigenvalue weighted by Gasteiger charge is 2.18. The summed E-state index contributed by atoms with van der Waals surface area (Å²) in [5.74, 6) is 0.578. The lowest BCUT2D eigenvalue weighted by molar-refractivity contribution is 0.696. The summed E-state index contributed by atoms with van der Waals surface area (Å²) >= 11 is 1.92. The molecule has 0 aliphatic heterocycles. The number of hydrogen-bond donors (Lipinski definition) is 1. The predicted molar refractivity (Wildman–Crippen MR) is 87.5 cm³/mol. The van der Waals surface area contributed by atoms with Gasteiger partial charge in [0, 0.05) is 9.75 Å². The maximum absolute atomic E-state index is 6.46. The summed E-state index contributed by atoms with van der Waals surface area (Å²) in [6.07, 6.45) is 5.16. The summed E-state index contributed by atoms with van der Waals surface area (Å²) in [4.78, 5) is 2.90. The summed E-state index contributed by atoms with van der Waals surface area (Å²) in [5.41, 5.74) is 10.6. The lowest BCUT2D eigenvalue weighted by Gasteiger charge is -2.12. The molecule has 1 aliphatic rings. The zero-order valence-corrected chi connectivity index (χ0v) is 13.2. The molecule has 1 aliphatic carbocycles. The van der Waals surface area contributed by atoms with Gasteiger partial charge in [0.1, 0.15) is 0 Å². The average Bonchev–Trinajstić information content (AvgIpc) is 2.90. The highest BCUT2D eigenvalue weighted by Crippen LogP contribution is 2.34. The Morgan fingerprint density at radius 2 is 1.65 bits per heavy atom. The van der Waals surface area contributed by atoms with Gasteiger partial charge in [-0.2, -0.15) is 0 Å². The molecule has 106 valence electrons. The molecule has 1 atom stereocenters. The Balaban J connectivity index is 1.84. The molecule has 1 heterocycles. The molecule has 0 fully saturated rings. The molecule has 20 heavy (non-hydrogen) atoms. The number of fused-ring (bicyclic) bond motifs is 1. The summed E-state index contributed by atoms with van der Waals surface area (Å²) in [6, 6.07) is 11.2. The fourth-order valence-corrected chi connectivity index (χ4v) is 4.21. The SMILES string of the molecule is CC(C)c1ccc(C(N)c2cc3c(s2)CCCC3)cc1. The first-order valence-electron chi connectivity index (χ1n) is 7.62. The predicted octanol–water partition coefficient (Wildman–Crippen LogP) is 4.80. The molecular weight excluding hydrogens is 262 g/mol. The topological polar surface area (TPSA) is 26.0 Å². The zero-order chi connectivity index (χ0) is 14.1. The van der Waals surface area contributed by atoms with Crippen LogP contribution in [0.25, 0.3) is 0 Å². The van der Waals surface area contributed by atoms with Crippen molar-refractivity contribution >= 4 is 11.3 Å². The van der Waals surface area contributed by atoms with E-state index in [9.17, 15) is 0 Å². The van der Waals surface area contributed by atoms with E-state index in [0.717, 1.165) is 0 Å². The van der Waals surface area contributed by atoms with Crippen LogP contribution in [0.3, 0.4) is 0 Å². The standard InChI is InChI=1S/C18H23NS/c1-12(2)13-7-9-14(10-8-13)18(19)17-11-15-5-3-4-6-16(15)20-17/h7-12,18H,3-6,19H2,1-2H3. The number of hydrogen-bond acceptors (Lipinski definition) is 2. The van der Waals surface area contributed by atoms with Crippen LogP contribution in [0.4, 0.5) is 0 Å². The molecule has 0 amide bonds. The third kappa shape index (κ3) is 2.68. The fraction of sp³-hybridized carbons (Fsp3) is 0.444. The molecule has 2 aromatic rings. The van der Waals surface area contributed by atoms with Gasteiger partial charge in [-0.05, 0) is 54.4 Å². The van der Waals surface area contributed by atoms with Gasteiger partial charge in [-0.3, -0.25) is 0 Å². The van der Waals surface area contributed by atoms with Crippen molar-refractivity contribution < 1.29 is 0 Å². The molecule has 3 rings (SSSR count). The largest absolute Gasteiger partial charge is 0.320 e. The molecule has 2 N–H and O–H groups in total.